The summed E-state index contributed by atoms with van der Waals surface area (Å²) in [6.45, 7) is 5.68. The molecule has 7 nitrogen and oxygen atoms in total. The molecule has 0 saturated heterocycles. The molecule has 2 amide bonds. The molecule has 3 aromatic carbocycles. The molecule has 0 aliphatic carbocycles. The second kappa shape index (κ2) is 11.1. The predicted octanol–water partition coefficient (Wildman–Crippen LogP) is 4.51. The van der Waals surface area contributed by atoms with Crippen LogP contribution < -0.4 is 20.2 Å². The largest absolute Gasteiger partial charge is 0.493 e. The molecule has 0 saturated carbocycles. The fourth-order valence-electron chi connectivity index (χ4n) is 3.05. The molecule has 8 heteroatoms. The van der Waals surface area contributed by atoms with Crippen molar-refractivity contribution in [1.29, 1.82) is 0 Å². The molecule has 3 rings (SSSR count). The fraction of sp³-hybridized carbons (Fsp3) is 0.192. The predicted molar refractivity (Wildman–Crippen MR) is 129 cm³/mol. The third-order valence-corrected chi connectivity index (χ3v) is 5.06. The summed E-state index contributed by atoms with van der Waals surface area (Å²) in [7, 11) is 1.51. The SMILES string of the molecule is COc1cc(/C(C)=N/NC(=O)C(=O)Nc2cc(C)ccc2C)ccc1OCc1ccc(F)cc1. The summed E-state index contributed by atoms with van der Waals surface area (Å²) in [4.78, 5) is 24.4. The first-order valence-electron chi connectivity index (χ1n) is 10.6. The lowest BCUT2D eigenvalue weighted by molar-refractivity contribution is -0.136. The first kappa shape index (κ1) is 24.4. The molecule has 0 radical (unpaired) electrons. The second-order valence-corrected chi connectivity index (χ2v) is 7.69. The van der Waals surface area contributed by atoms with Crippen LogP contribution in [0.2, 0.25) is 0 Å². The number of carbonyl (C=O) groups is 2. The Morgan fingerprint density at radius 1 is 0.941 bits per heavy atom. The van der Waals surface area contributed by atoms with E-state index in [0.29, 0.717) is 28.5 Å². The van der Waals surface area contributed by atoms with Crippen LogP contribution in [0.4, 0.5) is 10.1 Å². The molecule has 0 heterocycles. The molecular weight excluding hydrogens is 437 g/mol. The third kappa shape index (κ3) is 6.41. The normalized spacial score (nSPS) is 11.0. The number of rotatable bonds is 7. The van der Waals surface area contributed by atoms with Crippen LogP contribution in [0.3, 0.4) is 0 Å². The Kier molecular flexibility index (Phi) is 7.97. The second-order valence-electron chi connectivity index (χ2n) is 7.69. The van der Waals surface area contributed by atoms with Crippen molar-refractivity contribution in [3.05, 3.63) is 88.7 Å². The number of methoxy groups -OCH3 is 1. The van der Waals surface area contributed by atoms with E-state index >= 15 is 0 Å². The lowest BCUT2D eigenvalue weighted by Crippen LogP contribution is -2.33. The van der Waals surface area contributed by atoms with Gasteiger partial charge in [-0.1, -0.05) is 24.3 Å². The van der Waals surface area contributed by atoms with E-state index < -0.39 is 11.8 Å². The van der Waals surface area contributed by atoms with Gasteiger partial charge in [-0.2, -0.15) is 5.10 Å². The Morgan fingerprint density at radius 3 is 2.38 bits per heavy atom. The topological polar surface area (TPSA) is 89.0 Å². The van der Waals surface area contributed by atoms with Crippen molar-refractivity contribution in [2.24, 2.45) is 5.10 Å². The van der Waals surface area contributed by atoms with Crippen molar-refractivity contribution in [2.45, 2.75) is 27.4 Å². The standard InChI is InChI=1S/C26H26FN3O4/c1-16-5-6-17(2)22(13-16)28-25(31)26(32)30-29-18(3)20-9-12-23(24(14-20)33-4)34-15-19-7-10-21(27)11-8-19/h5-14H,15H2,1-4H3,(H,28,31)(H,30,32)/b29-18+. The first-order chi connectivity index (χ1) is 16.3. The molecule has 2 N–H and O–H groups in total. The van der Waals surface area contributed by atoms with Gasteiger partial charge in [0, 0.05) is 11.3 Å². The molecule has 0 aliphatic heterocycles. The van der Waals surface area contributed by atoms with Gasteiger partial charge in [0.05, 0.1) is 12.8 Å². The van der Waals surface area contributed by atoms with Crippen LogP contribution in [0.1, 0.15) is 29.2 Å². The summed E-state index contributed by atoms with van der Waals surface area (Å²) in [6.07, 6.45) is 0. The van der Waals surface area contributed by atoms with Crippen molar-refractivity contribution in [2.75, 3.05) is 12.4 Å². The number of hydrogen-bond donors (Lipinski definition) is 2. The van der Waals surface area contributed by atoms with Crippen molar-refractivity contribution in [3.8, 4) is 11.5 Å². The van der Waals surface area contributed by atoms with E-state index in [-0.39, 0.29) is 12.4 Å². The van der Waals surface area contributed by atoms with Crippen LogP contribution in [0.25, 0.3) is 0 Å². The van der Waals surface area contributed by atoms with Gasteiger partial charge in [-0.05, 0) is 73.9 Å². The average molecular weight is 464 g/mol. The molecule has 176 valence electrons. The van der Waals surface area contributed by atoms with Crippen LogP contribution in [0, 0.1) is 19.7 Å². The minimum atomic E-state index is -0.883. The van der Waals surface area contributed by atoms with E-state index in [1.165, 1.54) is 19.2 Å². The number of nitrogens with zero attached hydrogens (tertiary/aromatic N) is 1. The van der Waals surface area contributed by atoms with Gasteiger partial charge in [0.25, 0.3) is 0 Å². The van der Waals surface area contributed by atoms with E-state index in [4.69, 9.17) is 9.47 Å². The summed E-state index contributed by atoms with van der Waals surface area (Å²) in [5.74, 6) is -1.04. The molecule has 0 spiro atoms. The van der Waals surface area contributed by atoms with Crippen LogP contribution in [-0.4, -0.2) is 24.6 Å². The number of ether oxygens (including phenoxy) is 2. The number of benzene rings is 3. The van der Waals surface area contributed by atoms with Gasteiger partial charge in [-0.25, -0.2) is 9.82 Å². The smallest absolute Gasteiger partial charge is 0.329 e. The quantitative estimate of drug-likeness (QED) is 0.307. The lowest BCUT2D eigenvalue weighted by Gasteiger charge is -2.12. The van der Waals surface area contributed by atoms with Crippen molar-refractivity contribution >= 4 is 23.2 Å². The maximum absolute atomic E-state index is 13.1. The third-order valence-electron chi connectivity index (χ3n) is 5.06. The number of nitrogens with one attached hydrogen (secondary N) is 2. The number of carbonyl (C=O) groups excluding carboxylic acids is 2. The van der Waals surface area contributed by atoms with Crippen LogP contribution >= 0.6 is 0 Å². The minimum absolute atomic E-state index is 0.245. The highest BCUT2D eigenvalue weighted by molar-refractivity contribution is 6.39. The molecule has 0 unspecified atom stereocenters. The minimum Gasteiger partial charge on any atom is -0.493 e. The Labute approximate surface area is 197 Å². The highest BCUT2D eigenvalue weighted by Crippen LogP contribution is 2.29. The summed E-state index contributed by atoms with van der Waals surface area (Å²) in [5.41, 5.74) is 6.61. The highest BCUT2D eigenvalue weighted by Gasteiger charge is 2.15. The van der Waals surface area contributed by atoms with Crippen LogP contribution in [-0.2, 0) is 16.2 Å². The molecule has 0 aliphatic rings. The number of aryl methyl sites for hydroxylation is 2. The summed E-state index contributed by atoms with van der Waals surface area (Å²) < 4.78 is 24.2. The van der Waals surface area contributed by atoms with Gasteiger partial charge >= 0.3 is 11.8 Å². The molecule has 0 bridgehead atoms. The maximum atomic E-state index is 13.1. The van der Waals surface area contributed by atoms with Gasteiger partial charge < -0.3 is 14.8 Å². The zero-order chi connectivity index (χ0) is 24.7. The molecule has 3 aromatic rings. The number of halogens is 1. The van der Waals surface area contributed by atoms with E-state index in [0.717, 1.165) is 16.7 Å². The highest BCUT2D eigenvalue weighted by atomic mass is 19.1. The van der Waals surface area contributed by atoms with E-state index in [1.54, 1.807) is 43.3 Å². The van der Waals surface area contributed by atoms with Gasteiger partial charge in [0.1, 0.15) is 12.4 Å². The van der Waals surface area contributed by atoms with Crippen molar-refractivity contribution < 1.29 is 23.5 Å². The number of hydrogen-bond acceptors (Lipinski definition) is 5. The molecule has 0 atom stereocenters. The molecule has 34 heavy (non-hydrogen) atoms. The fourth-order valence-corrected chi connectivity index (χ4v) is 3.05. The van der Waals surface area contributed by atoms with E-state index in [1.807, 2.05) is 26.0 Å². The van der Waals surface area contributed by atoms with Gasteiger partial charge in [-0.3, -0.25) is 9.59 Å². The zero-order valence-electron chi connectivity index (χ0n) is 19.4. The summed E-state index contributed by atoms with van der Waals surface area (Å²) in [5, 5.41) is 6.62. The van der Waals surface area contributed by atoms with Gasteiger partial charge in [-0.15, -0.1) is 0 Å². The number of anilines is 1. The lowest BCUT2D eigenvalue weighted by atomic mass is 10.1. The Morgan fingerprint density at radius 2 is 1.68 bits per heavy atom. The molecule has 0 fully saturated rings. The summed E-state index contributed by atoms with van der Waals surface area (Å²) in [6, 6.07) is 16.8. The molecular formula is C26H26FN3O4. The Bertz CT molecular complexity index is 1220. The maximum Gasteiger partial charge on any atom is 0.329 e. The molecule has 0 aromatic heterocycles. The monoisotopic (exact) mass is 463 g/mol. The van der Waals surface area contributed by atoms with Crippen LogP contribution in [0.5, 0.6) is 11.5 Å². The number of amides is 2. The van der Waals surface area contributed by atoms with Crippen molar-refractivity contribution in [1.82, 2.24) is 5.43 Å². The average Bonchev–Trinajstić information content (AvgIpc) is 2.84. The summed E-state index contributed by atoms with van der Waals surface area (Å²) >= 11 is 0. The Hall–Kier alpha value is -4.20. The first-order valence-corrected chi connectivity index (χ1v) is 10.6. The zero-order valence-corrected chi connectivity index (χ0v) is 19.4. The van der Waals surface area contributed by atoms with Gasteiger partial charge in [0.2, 0.25) is 0 Å². The Balaban J connectivity index is 1.63. The van der Waals surface area contributed by atoms with E-state index in [9.17, 15) is 14.0 Å². The van der Waals surface area contributed by atoms with Crippen molar-refractivity contribution in [3.63, 3.8) is 0 Å². The number of hydrazone groups is 1. The van der Waals surface area contributed by atoms with Crippen LogP contribution in [0.15, 0.2) is 65.8 Å². The van der Waals surface area contributed by atoms with E-state index in [2.05, 4.69) is 15.8 Å². The van der Waals surface area contributed by atoms with Gasteiger partial charge in [0.15, 0.2) is 11.5 Å².